The fraction of sp³-hybridized carbons (Fsp3) is 1.00. The monoisotopic (exact) mass is 283 g/mol. The molecule has 3 heteroatoms. The number of hydrogen-bond acceptors (Lipinski definition) is 3. The van der Waals surface area contributed by atoms with Crippen LogP contribution in [-0.2, 0) is 9.47 Å². The largest absolute Gasteiger partial charge is 0.380 e. The predicted octanol–water partition coefficient (Wildman–Crippen LogP) is 3.52. The molecule has 0 aromatic carbocycles. The summed E-state index contributed by atoms with van der Waals surface area (Å²) >= 11 is 0. The minimum Gasteiger partial charge on any atom is -0.380 e. The molecule has 1 saturated heterocycles. The Bertz CT molecular complexity index is 271. The van der Waals surface area contributed by atoms with Crippen molar-refractivity contribution >= 4 is 0 Å². The molecular weight excluding hydrogens is 250 g/mol. The van der Waals surface area contributed by atoms with Gasteiger partial charge in [0.05, 0.1) is 11.7 Å². The summed E-state index contributed by atoms with van der Waals surface area (Å²) in [6, 6.07) is 0.475. The Labute approximate surface area is 124 Å². The van der Waals surface area contributed by atoms with Crippen LogP contribution in [0.2, 0.25) is 0 Å². The number of ether oxygens (including phenoxy) is 2. The van der Waals surface area contributed by atoms with E-state index >= 15 is 0 Å². The van der Waals surface area contributed by atoms with Crippen molar-refractivity contribution in [2.45, 2.75) is 83.0 Å². The van der Waals surface area contributed by atoms with E-state index in [1.54, 1.807) is 0 Å². The molecule has 2 fully saturated rings. The van der Waals surface area contributed by atoms with E-state index in [4.69, 9.17) is 9.47 Å². The van der Waals surface area contributed by atoms with Gasteiger partial charge in [0.2, 0.25) is 0 Å². The number of nitrogens with one attached hydrogen (secondary N) is 1. The lowest BCUT2D eigenvalue weighted by Gasteiger charge is -2.46. The van der Waals surface area contributed by atoms with Crippen LogP contribution in [-0.4, -0.2) is 38.0 Å². The molecule has 1 saturated carbocycles. The molecule has 1 aliphatic heterocycles. The van der Waals surface area contributed by atoms with Gasteiger partial charge in [-0.3, -0.25) is 0 Å². The lowest BCUT2D eigenvalue weighted by molar-refractivity contribution is -0.127. The molecular formula is C17H33NO2. The van der Waals surface area contributed by atoms with Gasteiger partial charge in [0.25, 0.3) is 0 Å². The summed E-state index contributed by atoms with van der Waals surface area (Å²) in [5.74, 6) is 0.698. The fourth-order valence-corrected chi connectivity index (χ4v) is 4.09. The van der Waals surface area contributed by atoms with Crippen LogP contribution >= 0.6 is 0 Å². The molecule has 1 aliphatic carbocycles. The summed E-state index contributed by atoms with van der Waals surface area (Å²) in [4.78, 5) is 0. The highest BCUT2D eigenvalue weighted by molar-refractivity contribution is 4.94. The predicted molar refractivity (Wildman–Crippen MR) is 83.0 cm³/mol. The smallest absolute Gasteiger partial charge is 0.0698 e. The molecule has 0 bridgehead atoms. The first-order valence-corrected chi connectivity index (χ1v) is 8.61. The molecule has 3 nitrogen and oxygen atoms in total. The molecule has 1 spiro atoms. The first-order valence-electron chi connectivity index (χ1n) is 8.61. The average Bonchev–Trinajstić information content (AvgIpc) is 2.48. The van der Waals surface area contributed by atoms with E-state index in [-0.39, 0.29) is 11.7 Å². The zero-order valence-corrected chi connectivity index (χ0v) is 13.6. The summed E-state index contributed by atoms with van der Waals surface area (Å²) in [5, 5.41) is 3.73. The second-order valence-electron chi connectivity index (χ2n) is 6.77. The van der Waals surface area contributed by atoms with Crippen molar-refractivity contribution in [1.82, 2.24) is 5.32 Å². The zero-order chi connectivity index (χ0) is 14.4. The highest BCUT2D eigenvalue weighted by Gasteiger charge is 2.41. The first kappa shape index (κ1) is 16.3. The van der Waals surface area contributed by atoms with Crippen LogP contribution < -0.4 is 5.32 Å². The van der Waals surface area contributed by atoms with Gasteiger partial charge in [0.1, 0.15) is 0 Å². The van der Waals surface area contributed by atoms with Crippen LogP contribution in [0.1, 0.15) is 65.2 Å². The van der Waals surface area contributed by atoms with Crippen molar-refractivity contribution in [1.29, 1.82) is 0 Å². The summed E-state index contributed by atoms with van der Waals surface area (Å²) in [6.45, 7) is 6.46. The highest BCUT2D eigenvalue weighted by atomic mass is 16.5. The minimum absolute atomic E-state index is 0.195. The van der Waals surface area contributed by atoms with E-state index in [9.17, 15) is 0 Å². The third kappa shape index (κ3) is 3.96. The summed E-state index contributed by atoms with van der Waals surface area (Å²) in [7, 11) is 1.83. The third-order valence-electron chi connectivity index (χ3n) is 5.31. The normalized spacial score (nSPS) is 29.2. The Hall–Kier alpha value is -0.120. The van der Waals surface area contributed by atoms with Crippen molar-refractivity contribution in [2.24, 2.45) is 5.92 Å². The first-order chi connectivity index (χ1) is 9.71. The molecule has 0 amide bonds. The number of hydrogen-bond donors (Lipinski definition) is 1. The van der Waals surface area contributed by atoms with Crippen LogP contribution in [0.25, 0.3) is 0 Å². The number of rotatable bonds is 6. The lowest BCUT2D eigenvalue weighted by Crippen LogP contribution is -2.52. The Morgan fingerprint density at radius 3 is 2.70 bits per heavy atom. The molecule has 2 rings (SSSR count). The van der Waals surface area contributed by atoms with E-state index in [1.807, 2.05) is 7.11 Å². The van der Waals surface area contributed by atoms with Gasteiger partial charge in [-0.25, -0.2) is 0 Å². The van der Waals surface area contributed by atoms with Crippen molar-refractivity contribution < 1.29 is 9.47 Å². The molecule has 1 N–H and O–H groups in total. The second kappa shape index (κ2) is 7.77. The topological polar surface area (TPSA) is 30.5 Å². The van der Waals surface area contributed by atoms with Gasteiger partial charge in [0.15, 0.2) is 0 Å². The van der Waals surface area contributed by atoms with Gasteiger partial charge in [-0.1, -0.05) is 26.2 Å². The van der Waals surface area contributed by atoms with Gasteiger partial charge in [-0.15, -0.1) is 0 Å². The van der Waals surface area contributed by atoms with Crippen molar-refractivity contribution in [3.05, 3.63) is 0 Å². The summed E-state index contributed by atoms with van der Waals surface area (Å²) in [5.41, 5.74) is 0.195. The van der Waals surface area contributed by atoms with Gasteiger partial charge >= 0.3 is 0 Å². The van der Waals surface area contributed by atoms with Crippen LogP contribution in [0.4, 0.5) is 0 Å². The van der Waals surface area contributed by atoms with Gasteiger partial charge in [-0.05, 0) is 51.5 Å². The molecule has 1 heterocycles. The van der Waals surface area contributed by atoms with Gasteiger partial charge in [0, 0.05) is 19.8 Å². The molecule has 3 unspecified atom stereocenters. The maximum atomic E-state index is 6.24. The van der Waals surface area contributed by atoms with E-state index in [2.05, 4.69) is 19.2 Å². The Morgan fingerprint density at radius 2 is 2.05 bits per heavy atom. The maximum Gasteiger partial charge on any atom is 0.0698 e. The van der Waals surface area contributed by atoms with Gasteiger partial charge in [-0.2, -0.15) is 0 Å². The molecule has 2 aliphatic rings. The number of methoxy groups -OCH3 is 1. The molecule has 3 atom stereocenters. The van der Waals surface area contributed by atoms with E-state index in [0.29, 0.717) is 12.0 Å². The van der Waals surface area contributed by atoms with Crippen LogP contribution in [0.5, 0.6) is 0 Å². The average molecular weight is 283 g/mol. The van der Waals surface area contributed by atoms with Crippen molar-refractivity contribution in [3.8, 4) is 0 Å². The second-order valence-corrected chi connectivity index (χ2v) is 6.77. The molecule has 118 valence electrons. The van der Waals surface area contributed by atoms with Crippen LogP contribution in [0.3, 0.4) is 0 Å². The third-order valence-corrected chi connectivity index (χ3v) is 5.31. The maximum absolute atomic E-state index is 6.24. The quantitative estimate of drug-likeness (QED) is 0.809. The highest BCUT2D eigenvalue weighted by Crippen LogP contribution is 2.42. The Morgan fingerprint density at radius 1 is 1.30 bits per heavy atom. The summed E-state index contributed by atoms with van der Waals surface area (Å²) < 4.78 is 11.9. The van der Waals surface area contributed by atoms with Gasteiger partial charge < -0.3 is 14.8 Å². The standard InChI is InChI=1S/C17H33NO2/c1-4-11-18-16(14(2)19-3)15-8-12-20-17(13-15)9-6-5-7-10-17/h14-16,18H,4-13H2,1-3H3. The van der Waals surface area contributed by atoms with Crippen molar-refractivity contribution in [3.63, 3.8) is 0 Å². The van der Waals surface area contributed by atoms with Crippen molar-refractivity contribution in [2.75, 3.05) is 20.3 Å². The lowest BCUT2D eigenvalue weighted by atomic mass is 9.73. The molecule has 0 aromatic rings. The molecule has 0 radical (unpaired) electrons. The van der Waals surface area contributed by atoms with Crippen LogP contribution in [0.15, 0.2) is 0 Å². The van der Waals surface area contributed by atoms with E-state index in [0.717, 1.165) is 13.2 Å². The summed E-state index contributed by atoms with van der Waals surface area (Å²) in [6.07, 6.45) is 10.5. The zero-order valence-electron chi connectivity index (χ0n) is 13.6. The van der Waals surface area contributed by atoms with Crippen LogP contribution in [0, 0.1) is 5.92 Å². The Balaban J connectivity index is 1.99. The van der Waals surface area contributed by atoms with E-state index < -0.39 is 0 Å². The fourth-order valence-electron chi connectivity index (χ4n) is 4.09. The minimum atomic E-state index is 0.195. The van der Waals surface area contributed by atoms with E-state index in [1.165, 1.54) is 51.4 Å². The molecule has 20 heavy (non-hydrogen) atoms. The SMILES string of the molecule is CCCNC(C1CCOC2(CCCCC2)C1)C(C)OC. The molecule has 0 aromatic heterocycles. The Kier molecular flexibility index (Phi) is 6.31.